The zero-order chi connectivity index (χ0) is 15.1. The summed E-state index contributed by atoms with van der Waals surface area (Å²) >= 11 is 0. The molecule has 21 heavy (non-hydrogen) atoms. The quantitative estimate of drug-likeness (QED) is 0.660. The molecule has 0 atom stereocenters. The van der Waals surface area contributed by atoms with Gasteiger partial charge in [-0.25, -0.2) is 0 Å². The molecule has 0 aromatic rings. The standard InChI is InChI=1S/C19H30N2/c1-2-19(13-16(14-20)15-21,17-9-5-3-6-10-17)18-11-7-4-8-12-18/h16-18H,2-13H2,1H3. The van der Waals surface area contributed by atoms with E-state index in [1.165, 1.54) is 64.2 Å². The second-order valence-electron chi connectivity index (χ2n) is 7.27. The highest BCUT2D eigenvalue weighted by Crippen LogP contribution is 2.54. The molecule has 0 radical (unpaired) electrons. The van der Waals surface area contributed by atoms with Gasteiger partial charge in [-0.15, -0.1) is 0 Å². The molecule has 2 nitrogen and oxygen atoms in total. The molecule has 0 N–H and O–H groups in total. The minimum absolute atomic E-state index is 0.261. The zero-order valence-corrected chi connectivity index (χ0v) is 13.6. The minimum atomic E-state index is -0.409. The molecule has 0 unspecified atom stereocenters. The molecule has 0 aromatic heterocycles. The first-order valence-electron chi connectivity index (χ1n) is 9.06. The summed E-state index contributed by atoms with van der Waals surface area (Å²) in [5, 5.41) is 18.6. The van der Waals surface area contributed by atoms with Crippen LogP contribution in [-0.2, 0) is 0 Å². The third-order valence-electron chi connectivity index (χ3n) is 6.39. The van der Waals surface area contributed by atoms with Crippen molar-refractivity contribution in [2.75, 3.05) is 0 Å². The van der Waals surface area contributed by atoms with E-state index in [4.69, 9.17) is 0 Å². The molecular formula is C19H30N2. The maximum atomic E-state index is 9.31. The Bertz CT molecular complexity index is 357. The molecule has 0 aliphatic heterocycles. The maximum Gasteiger partial charge on any atom is 0.133 e. The van der Waals surface area contributed by atoms with Gasteiger partial charge in [0.15, 0.2) is 0 Å². The molecule has 0 aromatic carbocycles. The Labute approximate surface area is 130 Å². The monoisotopic (exact) mass is 286 g/mol. The van der Waals surface area contributed by atoms with Crippen molar-refractivity contribution in [3.8, 4) is 12.1 Å². The highest BCUT2D eigenvalue weighted by atomic mass is 14.5. The third kappa shape index (κ3) is 3.60. The van der Waals surface area contributed by atoms with Gasteiger partial charge < -0.3 is 0 Å². The summed E-state index contributed by atoms with van der Waals surface area (Å²) in [5.41, 5.74) is 0.261. The van der Waals surface area contributed by atoms with Crippen LogP contribution in [0, 0.1) is 45.8 Å². The molecule has 116 valence electrons. The van der Waals surface area contributed by atoms with Gasteiger partial charge in [0.1, 0.15) is 5.92 Å². The van der Waals surface area contributed by atoms with Crippen molar-refractivity contribution in [2.45, 2.75) is 84.0 Å². The Kier molecular flexibility index (Phi) is 6.10. The van der Waals surface area contributed by atoms with Crippen molar-refractivity contribution < 1.29 is 0 Å². The van der Waals surface area contributed by atoms with E-state index >= 15 is 0 Å². The van der Waals surface area contributed by atoms with Crippen molar-refractivity contribution in [3.05, 3.63) is 0 Å². The number of hydrogen-bond acceptors (Lipinski definition) is 2. The minimum Gasteiger partial charge on any atom is -0.197 e. The number of hydrogen-bond donors (Lipinski definition) is 0. The van der Waals surface area contributed by atoms with Gasteiger partial charge in [-0.05, 0) is 55.8 Å². The van der Waals surface area contributed by atoms with Gasteiger partial charge >= 0.3 is 0 Å². The Morgan fingerprint density at radius 2 is 1.29 bits per heavy atom. The second kappa shape index (κ2) is 7.84. The largest absolute Gasteiger partial charge is 0.197 e. The first-order valence-corrected chi connectivity index (χ1v) is 9.06. The summed E-state index contributed by atoms with van der Waals surface area (Å²) in [4.78, 5) is 0. The average molecular weight is 286 g/mol. The first-order chi connectivity index (χ1) is 10.3. The normalized spacial score (nSPS) is 21.9. The lowest BCUT2D eigenvalue weighted by molar-refractivity contribution is 0.00477. The van der Waals surface area contributed by atoms with Crippen LogP contribution in [0.3, 0.4) is 0 Å². The fraction of sp³-hybridized carbons (Fsp3) is 0.895. The summed E-state index contributed by atoms with van der Waals surface area (Å²) in [7, 11) is 0. The molecule has 2 saturated carbocycles. The van der Waals surface area contributed by atoms with Gasteiger partial charge in [0.2, 0.25) is 0 Å². The number of nitrogens with zero attached hydrogens (tertiary/aromatic N) is 2. The summed E-state index contributed by atoms with van der Waals surface area (Å²) in [6.45, 7) is 2.31. The van der Waals surface area contributed by atoms with Gasteiger partial charge in [-0.2, -0.15) is 10.5 Å². The predicted octanol–water partition coefficient (Wildman–Crippen LogP) is 5.60. The van der Waals surface area contributed by atoms with Crippen molar-refractivity contribution in [2.24, 2.45) is 23.2 Å². The molecule has 0 saturated heterocycles. The van der Waals surface area contributed by atoms with Crippen LogP contribution in [0.5, 0.6) is 0 Å². The molecule has 2 rings (SSSR count). The summed E-state index contributed by atoms with van der Waals surface area (Å²) < 4.78 is 0. The Hall–Kier alpha value is -1.02. The maximum absolute atomic E-state index is 9.31. The van der Waals surface area contributed by atoms with E-state index in [-0.39, 0.29) is 5.41 Å². The van der Waals surface area contributed by atoms with Crippen molar-refractivity contribution in [1.29, 1.82) is 10.5 Å². The van der Waals surface area contributed by atoms with Crippen LogP contribution in [-0.4, -0.2) is 0 Å². The lowest BCUT2D eigenvalue weighted by Gasteiger charge is -2.49. The number of nitriles is 2. The fourth-order valence-electron chi connectivity index (χ4n) is 5.24. The average Bonchev–Trinajstić information content (AvgIpc) is 2.58. The van der Waals surface area contributed by atoms with E-state index in [1.807, 2.05) is 0 Å². The van der Waals surface area contributed by atoms with Gasteiger partial charge in [0.25, 0.3) is 0 Å². The van der Waals surface area contributed by atoms with Crippen LogP contribution < -0.4 is 0 Å². The third-order valence-corrected chi connectivity index (χ3v) is 6.39. The van der Waals surface area contributed by atoms with Crippen LogP contribution in [0.15, 0.2) is 0 Å². The molecule has 0 heterocycles. The van der Waals surface area contributed by atoms with Crippen LogP contribution in [0.25, 0.3) is 0 Å². The highest BCUT2D eigenvalue weighted by molar-refractivity contribution is 5.05. The molecule has 2 aliphatic rings. The Morgan fingerprint density at radius 3 is 1.62 bits per heavy atom. The van der Waals surface area contributed by atoms with Crippen molar-refractivity contribution in [1.82, 2.24) is 0 Å². The Balaban J connectivity index is 2.25. The molecule has 2 heteroatoms. The summed E-state index contributed by atoms with van der Waals surface area (Å²) in [6, 6.07) is 4.52. The van der Waals surface area contributed by atoms with E-state index < -0.39 is 5.92 Å². The van der Waals surface area contributed by atoms with Crippen LogP contribution in [0.4, 0.5) is 0 Å². The lowest BCUT2D eigenvalue weighted by Crippen LogP contribution is -2.41. The smallest absolute Gasteiger partial charge is 0.133 e. The predicted molar refractivity (Wildman–Crippen MR) is 85.2 cm³/mol. The van der Waals surface area contributed by atoms with E-state index in [0.29, 0.717) is 0 Å². The van der Waals surface area contributed by atoms with E-state index in [1.54, 1.807) is 0 Å². The van der Waals surface area contributed by atoms with Crippen LogP contribution in [0.1, 0.15) is 84.0 Å². The van der Waals surface area contributed by atoms with Crippen LogP contribution >= 0.6 is 0 Å². The summed E-state index contributed by atoms with van der Waals surface area (Å²) in [6.07, 6.45) is 15.4. The molecule has 2 fully saturated rings. The van der Waals surface area contributed by atoms with Crippen molar-refractivity contribution >= 4 is 0 Å². The number of rotatable bonds is 5. The van der Waals surface area contributed by atoms with E-state index in [2.05, 4.69) is 19.1 Å². The topological polar surface area (TPSA) is 47.6 Å². The molecular weight excluding hydrogens is 256 g/mol. The molecule has 0 spiro atoms. The molecule has 0 bridgehead atoms. The summed E-state index contributed by atoms with van der Waals surface area (Å²) in [5.74, 6) is 1.10. The van der Waals surface area contributed by atoms with Crippen molar-refractivity contribution in [3.63, 3.8) is 0 Å². The first kappa shape index (κ1) is 16.4. The van der Waals surface area contributed by atoms with Gasteiger partial charge in [-0.1, -0.05) is 45.4 Å². The zero-order valence-electron chi connectivity index (χ0n) is 13.6. The second-order valence-corrected chi connectivity index (χ2v) is 7.27. The van der Waals surface area contributed by atoms with Crippen LogP contribution in [0.2, 0.25) is 0 Å². The lowest BCUT2D eigenvalue weighted by atomic mass is 9.55. The van der Waals surface area contributed by atoms with E-state index in [0.717, 1.165) is 24.7 Å². The highest BCUT2D eigenvalue weighted by Gasteiger charge is 2.45. The molecule has 2 aliphatic carbocycles. The van der Waals surface area contributed by atoms with E-state index in [9.17, 15) is 10.5 Å². The van der Waals surface area contributed by atoms with Gasteiger partial charge in [0.05, 0.1) is 12.1 Å². The van der Waals surface area contributed by atoms with Gasteiger partial charge in [-0.3, -0.25) is 0 Å². The van der Waals surface area contributed by atoms with Gasteiger partial charge in [0, 0.05) is 0 Å². The SMILES string of the molecule is CCC(CC(C#N)C#N)(C1CCCCC1)C1CCCCC1. The Morgan fingerprint density at radius 1 is 0.857 bits per heavy atom. The fourth-order valence-corrected chi connectivity index (χ4v) is 5.24. The molecule has 0 amide bonds.